The summed E-state index contributed by atoms with van der Waals surface area (Å²) in [5.74, 6) is -1.12. The van der Waals surface area contributed by atoms with Gasteiger partial charge in [-0.2, -0.15) is 0 Å². The second-order valence-corrected chi connectivity index (χ2v) is 3.30. The fourth-order valence-electron chi connectivity index (χ4n) is 1.21. The van der Waals surface area contributed by atoms with E-state index in [-0.39, 0.29) is 13.2 Å². The van der Waals surface area contributed by atoms with E-state index >= 15 is 0 Å². The van der Waals surface area contributed by atoms with Gasteiger partial charge in [0.2, 0.25) is 0 Å². The molecule has 0 fully saturated rings. The Morgan fingerprint density at radius 1 is 1.47 bits per heavy atom. The van der Waals surface area contributed by atoms with Crippen LogP contribution in [0, 0.1) is 0 Å². The number of carboxylic acid groups (broad SMARTS) is 1. The molecule has 1 amide bonds. The van der Waals surface area contributed by atoms with Crippen LogP contribution in [-0.2, 0) is 16.1 Å². The van der Waals surface area contributed by atoms with Gasteiger partial charge in [-0.1, -0.05) is 12.7 Å². The lowest BCUT2D eigenvalue weighted by molar-refractivity contribution is -0.139. The molecule has 0 saturated carbocycles. The fraction of sp³-hybridized carbons (Fsp3) is 0.273. The van der Waals surface area contributed by atoms with Crippen LogP contribution in [0.5, 0.6) is 0 Å². The van der Waals surface area contributed by atoms with Crippen molar-refractivity contribution in [1.29, 1.82) is 0 Å². The summed E-state index contributed by atoms with van der Waals surface area (Å²) in [6, 6.07) is 2.52. The van der Waals surface area contributed by atoms with Crippen molar-refractivity contribution < 1.29 is 19.4 Å². The van der Waals surface area contributed by atoms with Crippen LogP contribution in [0.3, 0.4) is 0 Å². The molecule has 0 radical (unpaired) electrons. The van der Waals surface area contributed by atoms with E-state index in [0.29, 0.717) is 0 Å². The van der Waals surface area contributed by atoms with Crippen molar-refractivity contribution in [3.05, 3.63) is 37.2 Å². The summed E-state index contributed by atoms with van der Waals surface area (Å²) < 4.78 is 6.31. The Morgan fingerprint density at radius 3 is 2.65 bits per heavy atom. The molecule has 0 spiro atoms. The zero-order valence-corrected chi connectivity index (χ0v) is 9.20. The molecule has 1 unspecified atom stereocenters. The Morgan fingerprint density at radius 2 is 2.12 bits per heavy atom. The Bertz CT molecular complexity index is 386. The number of amides is 1. The number of hydrogen-bond donors (Lipinski definition) is 2. The molecule has 17 heavy (non-hydrogen) atoms. The zero-order valence-electron chi connectivity index (χ0n) is 9.20. The van der Waals surface area contributed by atoms with Gasteiger partial charge in [0.15, 0.2) is 0 Å². The van der Waals surface area contributed by atoms with Crippen LogP contribution in [0.4, 0.5) is 4.79 Å². The highest BCUT2D eigenvalue weighted by molar-refractivity contribution is 5.79. The van der Waals surface area contributed by atoms with Gasteiger partial charge in [0.1, 0.15) is 12.6 Å². The maximum Gasteiger partial charge on any atom is 0.408 e. The number of hydrogen-bond acceptors (Lipinski definition) is 3. The predicted octanol–water partition coefficient (Wildman–Crippen LogP) is 0.853. The maximum atomic E-state index is 11.2. The Labute approximate surface area is 98.5 Å². The van der Waals surface area contributed by atoms with Crippen LogP contribution in [-0.4, -0.2) is 34.4 Å². The first kappa shape index (κ1) is 12.8. The molecule has 1 heterocycles. The highest BCUT2D eigenvalue weighted by atomic mass is 16.5. The van der Waals surface area contributed by atoms with E-state index in [4.69, 9.17) is 5.11 Å². The Balaban J connectivity index is 2.51. The molecule has 0 aliphatic carbocycles. The highest BCUT2D eigenvalue weighted by Gasteiger charge is 2.20. The minimum absolute atomic E-state index is 0.0433. The summed E-state index contributed by atoms with van der Waals surface area (Å²) in [5.41, 5.74) is 0. The molecule has 0 bridgehead atoms. The Kier molecular flexibility index (Phi) is 4.80. The normalized spacial score (nSPS) is 11.5. The molecule has 1 aromatic rings. The van der Waals surface area contributed by atoms with Gasteiger partial charge in [-0.25, -0.2) is 9.59 Å². The highest BCUT2D eigenvalue weighted by Crippen LogP contribution is 1.96. The smallest absolute Gasteiger partial charge is 0.408 e. The zero-order chi connectivity index (χ0) is 12.7. The molecule has 0 aliphatic heterocycles. The molecule has 1 rings (SSSR count). The quantitative estimate of drug-likeness (QED) is 0.720. The first-order valence-electron chi connectivity index (χ1n) is 5.01. The summed E-state index contributed by atoms with van der Waals surface area (Å²) in [6.07, 6.45) is 4.06. The van der Waals surface area contributed by atoms with Gasteiger partial charge >= 0.3 is 12.1 Å². The van der Waals surface area contributed by atoms with Crippen molar-refractivity contribution in [2.75, 3.05) is 6.61 Å². The lowest BCUT2D eigenvalue weighted by Gasteiger charge is -2.14. The SMILES string of the molecule is C=CCOC(=O)NC(Cn1cccc1)C(=O)O. The summed E-state index contributed by atoms with van der Waals surface area (Å²) in [6.45, 7) is 3.57. The van der Waals surface area contributed by atoms with Crippen molar-refractivity contribution in [3.63, 3.8) is 0 Å². The molecule has 1 atom stereocenters. The maximum absolute atomic E-state index is 11.2. The largest absolute Gasteiger partial charge is 0.480 e. The van der Waals surface area contributed by atoms with E-state index in [1.165, 1.54) is 6.08 Å². The van der Waals surface area contributed by atoms with Gasteiger partial charge in [-0.15, -0.1) is 0 Å². The van der Waals surface area contributed by atoms with E-state index in [2.05, 4.69) is 16.6 Å². The van der Waals surface area contributed by atoms with Gasteiger partial charge in [0, 0.05) is 12.4 Å². The van der Waals surface area contributed by atoms with Gasteiger partial charge in [0.05, 0.1) is 6.54 Å². The third-order valence-corrected chi connectivity index (χ3v) is 1.98. The van der Waals surface area contributed by atoms with Crippen LogP contribution in [0.25, 0.3) is 0 Å². The van der Waals surface area contributed by atoms with Crippen LogP contribution in [0.1, 0.15) is 0 Å². The van der Waals surface area contributed by atoms with Crippen molar-refractivity contribution in [3.8, 4) is 0 Å². The molecule has 2 N–H and O–H groups in total. The van der Waals surface area contributed by atoms with E-state index < -0.39 is 18.1 Å². The summed E-state index contributed by atoms with van der Waals surface area (Å²) in [7, 11) is 0. The number of rotatable bonds is 6. The minimum atomic E-state index is -1.12. The van der Waals surface area contributed by atoms with Gasteiger partial charge < -0.3 is 19.7 Å². The fourth-order valence-corrected chi connectivity index (χ4v) is 1.21. The second kappa shape index (κ2) is 6.37. The lowest BCUT2D eigenvalue weighted by Crippen LogP contribution is -2.43. The predicted molar refractivity (Wildman–Crippen MR) is 60.5 cm³/mol. The number of alkyl carbamates (subject to hydrolysis) is 1. The summed E-state index contributed by atoms with van der Waals surface area (Å²) in [5, 5.41) is 11.2. The summed E-state index contributed by atoms with van der Waals surface area (Å²) in [4.78, 5) is 22.1. The number of nitrogens with zero attached hydrogens (tertiary/aromatic N) is 1. The first-order chi connectivity index (χ1) is 8.13. The van der Waals surface area contributed by atoms with Crippen molar-refractivity contribution in [2.45, 2.75) is 12.6 Å². The van der Waals surface area contributed by atoms with E-state index in [1.54, 1.807) is 29.1 Å². The number of carbonyl (C=O) groups excluding carboxylic acids is 1. The molecule has 0 aromatic carbocycles. The number of carbonyl (C=O) groups is 2. The van der Waals surface area contributed by atoms with E-state index in [1.807, 2.05) is 0 Å². The first-order valence-corrected chi connectivity index (χ1v) is 5.01. The third-order valence-electron chi connectivity index (χ3n) is 1.98. The number of ether oxygens (including phenoxy) is 1. The number of nitrogens with one attached hydrogen (secondary N) is 1. The number of aliphatic carboxylic acids is 1. The molecule has 0 aliphatic rings. The van der Waals surface area contributed by atoms with E-state index in [0.717, 1.165) is 0 Å². The second-order valence-electron chi connectivity index (χ2n) is 3.30. The molecule has 6 heteroatoms. The van der Waals surface area contributed by atoms with Crippen LogP contribution < -0.4 is 5.32 Å². The van der Waals surface area contributed by atoms with Crippen molar-refractivity contribution >= 4 is 12.1 Å². The van der Waals surface area contributed by atoms with Crippen molar-refractivity contribution in [1.82, 2.24) is 9.88 Å². The molecule has 6 nitrogen and oxygen atoms in total. The van der Waals surface area contributed by atoms with Gasteiger partial charge in [-0.05, 0) is 12.1 Å². The van der Waals surface area contributed by atoms with E-state index in [9.17, 15) is 9.59 Å². The molecular weight excluding hydrogens is 224 g/mol. The molecule has 0 saturated heterocycles. The third kappa shape index (κ3) is 4.42. The lowest BCUT2D eigenvalue weighted by atomic mass is 10.3. The standard InChI is InChI=1S/C11H14N2O4/c1-2-7-17-11(16)12-9(10(14)15)8-13-5-3-4-6-13/h2-6,9H,1,7-8H2,(H,12,16)(H,14,15). The molecule has 1 aromatic heterocycles. The van der Waals surface area contributed by atoms with Crippen molar-refractivity contribution in [2.24, 2.45) is 0 Å². The van der Waals surface area contributed by atoms with Crippen LogP contribution in [0.2, 0.25) is 0 Å². The number of aromatic nitrogens is 1. The van der Waals surface area contributed by atoms with Crippen LogP contribution in [0.15, 0.2) is 37.2 Å². The summed E-state index contributed by atoms with van der Waals surface area (Å²) >= 11 is 0. The average Bonchev–Trinajstić information content (AvgIpc) is 2.78. The average molecular weight is 238 g/mol. The molecular formula is C11H14N2O4. The Hall–Kier alpha value is -2.24. The minimum Gasteiger partial charge on any atom is -0.480 e. The van der Waals surface area contributed by atoms with Crippen LogP contribution >= 0.6 is 0 Å². The molecule has 92 valence electrons. The van der Waals surface area contributed by atoms with Gasteiger partial charge in [-0.3, -0.25) is 0 Å². The monoisotopic (exact) mass is 238 g/mol. The number of carboxylic acids is 1. The topological polar surface area (TPSA) is 80.6 Å². The van der Waals surface area contributed by atoms with Gasteiger partial charge in [0.25, 0.3) is 0 Å².